The second kappa shape index (κ2) is 11.5. The molecule has 6 aromatic rings. The first-order chi connectivity index (χ1) is 20.4. The number of ether oxygens (including phenoxy) is 2. The van der Waals surface area contributed by atoms with Crippen molar-refractivity contribution in [3.8, 4) is 45.9 Å². The Bertz CT molecular complexity index is 1900. The van der Waals surface area contributed by atoms with Gasteiger partial charge in [-0.2, -0.15) is 9.97 Å². The van der Waals surface area contributed by atoms with Gasteiger partial charge in [-0.1, -0.05) is 52.3 Å². The second-order valence-electron chi connectivity index (χ2n) is 9.49. The van der Waals surface area contributed by atoms with E-state index in [1.807, 2.05) is 49.4 Å². The number of nitrogens with zero attached hydrogens (tertiary/aromatic N) is 4. The summed E-state index contributed by atoms with van der Waals surface area (Å²) in [5.74, 6) is 0.834. The Balaban J connectivity index is 1.17. The number of carbonyl (C=O) groups excluding carboxylic acids is 2. The third-order valence-corrected chi connectivity index (χ3v) is 6.29. The van der Waals surface area contributed by atoms with Gasteiger partial charge in [0, 0.05) is 35.4 Å². The molecule has 0 spiro atoms. The minimum atomic E-state index is -0.510. The van der Waals surface area contributed by atoms with Gasteiger partial charge in [0.15, 0.2) is 5.76 Å². The minimum Gasteiger partial charge on any atom is -0.466 e. The van der Waals surface area contributed by atoms with Crippen molar-refractivity contribution < 1.29 is 32.5 Å². The van der Waals surface area contributed by atoms with Gasteiger partial charge in [0.2, 0.25) is 11.6 Å². The second-order valence-corrected chi connectivity index (χ2v) is 9.49. The number of furan rings is 1. The predicted molar refractivity (Wildman–Crippen MR) is 150 cm³/mol. The Labute approximate surface area is 239 Å². The van der Waals surface area contributed by atoms with E-state index in [9.17, 15) is 9.59 Å². The number of carbonyl (C=O) groups is 2. The molecule has 0 aliphatic rings. The average Bonchev–Trinajstić information content (AvgIpc) is 3.76. The van der Waals surface area contributed by atoms with Crippen LogP contribution in [0.5, 0.6) is 0 Å². The third kappa shape index (κ3) is 5.80. The fraction of sp³-hybridized carbons (Fsp3) is 0.161. The van der Waals surface area contributed by atoms with Crippen LogP contribution < -0.4 is 0 Å². The molecule has 6 rings (SSSR count). The highest BCUT2D eigenvalue weighted by molar-refractivity contribution is 5.91. The molecule has 3 heterocycles. The summed E-state index contributed by atoms with van der Waals surface area (Å²) in [6.45, 7) is 3.64. The lowest BCUT2D eigenvalue weighted by atomic mass is 10.1. The van der Waals surface area contributed by atoms with Gasteiger partial charge in [0.05, 0.1) is 18.8 Å². The highest BCUT2D eigenvalue weighted by Crippen LogP contribution is 2.32. The molecule has 3 aromatic carbocycles. The van der Waals surface area contributed by atoms with Gasteiger partial charge in [-0.3, -0.25) is 4.79 Å². The topological polar surface area (TPSA) is 144 Å². The van der Waals surface area contributed by atoms with Gasteiger partial charge >= 0.3 is 11.9 Å². The molecule has 0 unspecified atom stereocenters. The summed E-state index contributed by atoms with van der Waals surface area (Å²) in [7, 11) is 0. The van der Waals surface area contributed by atoms with Crippen molar-refractivity contribution in [1.29, 1.82) is 0 Å². The summed E-state index contributed by atoms with van der Waals surface area (Å²) in [4.78, 5) is 32.3. The first kappa shape index (κ1) is 26.6. The molecule has 0 fully saturated rings. The Morgan fingerprint density at radius 2 is 1.48 bits per heavy atom. The maximum atomic E-state index is 12.4. The van der Waals surface area contributed by atoms with Crippen LogP contribution in [0.4, 0.5) is 0 Å². The Morgan fingerprint density at radius 3 is 2.26 bits per heavy atom. The van der Waals surface area contributed by atoms with Crippen molar-refractivity contribution in [1.82, 2.24) is 20.3 Å². The molecular formula is C31H24N4O7. The van der Waals surface area contributed by atoms with E-state index >= 15 is 0 Å². The fourth-order valence-corrected chi connectivity index (χ4v) is 4.26. The summed E-state index contributed by atoms with van der Waals surface area (Å²) in [5.41, 5.74) is 4.16. The molecule has 42 heavy (non-hydrogen) atoms. The van der Waals surface area contributed by atoms with E-state index < -0.39 is 5.97 Å². The number of rotatable bonds is 9. The molecule has 0 aliphatic heterocycles. The van der Waals surface area contributed by atoms with Crippen LogP contribution in [0, 0.1) is 6.92 Å². The molecule has 11 nitrogen and oxygen atoms in total. The van der Waals surface area contributed by atoms with E-state index in [1.54, 1.807) is 30.3 Å². The number of hydrogen-bond donors (Lipinski definition) is 0. The van der Waals surface area contributed by atoms with Crippen molar-refractivity contribution in [2.24, 2.45) is 0 Å². The first-order valence-corrected chi connectivity index (χ1v) is 13.1. The fourth-order valence-electron chi connectivity index (χ4n) is 4.26. The maximum absolute atomic E-state index is 12.4. The van der Waals surface area contributed by atoms with Crippen LogP contribution in [0.15, 0.2) is 86.3 Å². The van der Waals surface area contributed by atoms with Gasteiger partial charge in [-0.05, 0) is 43.3 Å². The molecule has 0 radical (unpaired) electrons. The summed E-state index contributed by atoms with van der Waals surface area (Å²) < 4.78 is 27.1. The molecule has 0 N–H and O–H groups in total. The Kier molecular flexibility index (Phi) is 7.29. The Morgan fingerprint density at radius 1 is 0.762 bits per heavy atom. The molecule has 0 saturated heterocycles. The largest absolute Gasteiger partial charge is 0.466 e. The molecule has 210 valence electrons. The lowest BCUT2D eigenvalue weighted by Gasteiger charge is -2.05. The number of aryl methyl sites for hydroxylation is 1. The summed E-state index contributed by atoms with van der Waals surface area (Å²) >= 11 is 0. The predicted octanol–water partition coefficient (Wildman–Crippen LogP) is 6.29. The first-order valence-electron chi connectivity index (χ1n) is 13.1. The molecule has 11 heteroatoms. The smallest absolute Gasteiger partial charge is 0.338 e. The highest BCUT2D eigenvalue weighted by Gasteiger charge is 2.18. The van der Waals surface area contributed by atoms with Gasteiger partial charge in [0.1, 0.15) is 5.58 Å². The van der Waals surface area contributed by atoms with E-state index in [4.69, 9.17) is 22.9 Å². The van der Waals surface area contributed by atoms with Gasteiger partial charge in [-0.25, -0.2) is 4.79 Å². The zero-order valence-electron chi connectivity index (χ0n) is 22.7. The number of fused-ring (bicyclic) bond motifs is 1. The number of benzene rings is 3. The highest BCUT2D eigenvalue weighted by atomic mass is 16.5. The van der Waals surface area contributed by atoms with Crippen molar-refractivity contribution in [2.45, 2.75) is 20.3 Å². The van der Waals surface area contributed by atoms with E-state index in [0.717, 1.165) is 16.5 Å². The van der Waals surface area contributed by atoms with E-state index in [0.29, 0.717) is 46.2 Å². The molecule has 0 bridgehead atoms. The molecule has 3 aromatic heterocycles. The Hall–Kier alpha value is -5.58. The molecule has 0 aliphatic carbocycles. The standard InChI is InChI=1S/C31H24N4O7/c1-18-6-3-7-21(14-18)27-32-29(41-34-27)23-11-10-20-16-26(40-25(20)17-23)30-33-28(35-42-30)22-8-4-9-24(15-22)31(37)39-13-5-12-38-19(2)36/h3-4,6-11,14-17H,5,12-13H2,1-2H3. The molecule has 0 amide bonds. The summed E-state index contributed by atoms with van der Waals surface area (Å²) in [5, 5.41) is 9.00. The SMILES string of the molecule is CC(=O)OCCCOC(=O)c1cccc(-c2noc(-c3cc4ccc(-c5nc(-c6cccc(C)c6)no5)cc4o3)n2)c1. The van der Waals surface area contributed by atoms with Crippen LogP contribution in [0.1, 0.15) is 29.3 Å². The van der Waals surface area contributed by atoms with E-state index in [2.05, 4.69) is 20.3 Å². The van der Waals surface area contributed by atoms with Gasteiger partial charge in [0.25, 0.3) is 11.8 Å². The van der Waals surface area contributed by atoms with Crippen LogP contribution in [0.25, 0.3) is 56.9 Å². The zero-order valence-corrected chi connectivity index (χ0v) is 22.7. The van der Waals surface area contributed by atoms with Gasteiger partial charge in [-0.15, -0.1) is 0 Å². The number of aromatic nitrogens is 4. The molecular weight excluding hydrogens is 540 g/mol. The third-order valence-electron chi connectivity index (χ3n) is 6.29. The van der Waals surface area contributed by atoms with Crippen molar-refractivity contribution in [3.63, 3.8) is 0 Å². The van der Waals surface area contributed by atoms with Crippen molar-refractivity contribution in [3.05, 3.63) is 83.9 Å². The van der Waals surface area contributed by atoms with Gasteiger partial charge < -0.3 is 22.9 Å². The average molecular weight is 565 g/mol. The zero-order chi connectivity index (χ0) is 29.1. The molecule has 0 atom stereocenters. The van der Waals surface area contributed by atoms with Crippen LogP contribution in [0.3, 0.4) is 0 Å². The summed E-state index contributed by atoms with van der Waals surface area (Å²) in [6, 6.07) is 21.9. The lowest BCUT2D eigenvalue weighted by molar-refractivity contribution is -0.141. The van der Waals surface area contributed by atoms with Crippen molar-refractivity contribution in [2.75, 3.05) is 13.2 Å². The minimum absolute atomic E-state index is 0.122. The van der Waals surface area contributed by atoms with Crippen LogP contribution in [-0.4, -0.2) is 45.4 Å². The van der Waals surface area contributed by atoms with E-state index in [-0.39, 0.29) is 30.9 Å². The number of hydrogen-bond acceptors (Lipinski definition) is 11. The van der Waals surface area contributed by atoms with Crippen LogP contribution >= 0.6 is 0 Å². The van der Waals surface area contributed by atoms with Crippen LogP contribution in [0.2, 0.25) is 0 Å². The normalized spacial score (nSPS) is 11.1. The lowest BCUT2D eigenvalue weighted by Crippen LogP contribution is -2.09. The van der Waals surface area contributed by atoms with E-state index in [1.165, 1.54) is 6.92 Å². The summed E-state index contributed by atoms with van der Waals surface area (Å²) in [6.07, 6.45) is 0.404. The van der Waals surface area contributed by atoms with Crippen LogP contribution in [-0.2, 0) is 14.3 Å². The quantitative estimate of drug-likeness (QED) is 0.144. The maximum Gasteiger partial charge on any atom is 0.338 e. The number of esters is 2. The van der Waals surface area contributed by atoms with Crippen molar-refractivity contribution >= 4 is 22.9 Å². The molecule has 0 saturated carbocycles. The monoisotopic (exact) mass is 564 g/mol.